The van der Waals surface area contributed by atoms with Crippen LogP contribution in [0.4, 0.5) is 0 Å². The predicted octanol–water partition coefficient (Wildman–Crippen LogP) is 3.33. The lowest BCUT2D eigenvalue weighted by Gasteiger charge is -2.38. The number of hydrogen-bond acceptors (Lipinski definition) is 5. The average molecular weight is 370 g/mol. The van der Waals surface area contributed by atoms with E-state index in [0.29, 0.717) is 25.2 Å². The van der Waals surface area contributed by atoms with Crippen LogP contribution in [0.15, 0.2) is 30.3 Å². The Morgan fingerprint density at radius 2 is 1.96 bits per heavy atom. The molecule has 2 rings (SSSR count). The van der Waals surface area contributed by atoms with Crippen molar-refractivity contribution < 1.29 is 19.1 Å². The molecule has 0 spiro atoms. The smallest absolute Gasteiger partial charge is 0.331 e. The summed E-state index contributed by atoms with van der Waals surface area (Å²) in [5, 5.41) is 9.54. The number of esters is 1. The highest BCUT2D eigenvalue weighted by Gasteiger charge is 2.38. The summed E-state index contributed by atoms with van der Waals surface area (Å²) in [4.78, 5) is 25.8. The third kappa shape index (κ3) is 5.33. The molecule has 1 aromatic rings. The number of carbonyl (C=O) groups is 2. The number of hydrogen-bond donors (Lipinski definition) is 0. The van der Waals surface area contributed by atoms with Gasteiger partial charge in [-0.25, -0.2) is 4.79 Å². The van der Waals surface area contributed by atoms with Crippen molar-refractivity contribution in [3.8, 4) is 11.8 Å². The van der Waals surface area contributed by atoms with E-state index in [9.17, 15) is 14.9 Å². The van der Waals surface area contributed by atoms with E-state index in [0.717, 1.165) is 24.8 Å². The third-order valence-electron chi connectivity index (χ3n) is 4.86. The van der Waals surface area contributed by atoms with Gasteiger partial charge in [-0.05, 0) is 31.9 Å². The molecule has 6 nitrogen and oxygen atoms in total. The summed E-state index contributed by atoms with van der Waals surface area (Å²) in [5.41, 5.74) is -0.0287. The molecule has 0 unspecified atom stereocenters. The van der Waals surface area contributed by atoms with Crippen LogP contribution in [0.2, 0.25) is 0 Å². The van der Waals surface area contributed by atoms with Gasteiger partial charge in [-0.15, -0.1) is 0 Å². The van der Waals surface area contributed by atoms with Crippen molar-refractivity contribution in [3.05, 3.63) is 35.9 Å². The maximum Gasteiger partial charge on any atom is 0.331 e. The summed E-state index contributed by atoms with van der Waals surface area (Å²) in [7, 11) is 1.61. The maximum atomic E-state index is 12.4. The van der Waals surface area contributed by atoms with Crippen LogP contribution in [0.25, 0.3) is 6.08 Å². The topological polar surface area (TPSA) is 79.6 Å². The molecule has 1 fully saturated rings. The number of carbonyl (C=O) groups excluding carboxylic acids is 2. The Balaban J connectivity index is 1.91. The lowest BCUT2D eigenvalue weighted by atomic mass is 9.81. The molecular formula is C21H26N2O4. The molecule has 1 saturated carbocycles. The van der Waals surface area contributed by atoms with E-state index >= 15 is 0 Å². The normalized spacial score (nSPS) is 15.7. The molecule has 0 bridgehead atoms. The van der Waals surface area contributed by atoms with Crippen molar-refractivity contribution >= 4 is 18.0 Å². The molecule has 1 aliphatic carbocycles. The number of nitriles is 1. The van der Waals surface area contributed by atoms with Crippen molar-refractivity contribution in [2.24, 2.45) is 0 Å². The summed E-state index contributed by atoms with van der Waals surface area (Å²) in [6.45, 7) is 2.03. The molecule has 27 heavy (non-hydrogen) atoms. The highest BCUT2D eigenvalue weighted by Crippen LogP contribution is 2.32. The number of nitrogens with zero attached hydrogens (tertiary/aromatic N) is 2. The molecular weight excluding hydrogens is 344 g/mol. The molecule has 144 valence electrons. The fraction of sp³-hybridized carbons (Fsp3) is 0.476. The summed E-state index contributed by atoms with van der Waals surface area (Å²) < 4.78 is 10.6. The zero-order chi connectivity index (χ0) is 19.7. The molecule has 0 saturated heterocycles. The molecule has 1 aliphatic rings. The second-order valence-electron chi connectivity index (χ2n) is 6.57. The summed E-state index contributed by atoms with van der Waals surface area (Å²) in [6.07, 6.45) is 7.11. The number of amides is 1. The van der Waals surface area contributed by atoms with Crippen LogP contribution < -0.4 is 4.74 Å². The van der Waals surface area contributed by atoms with Gasteiger partial charge < -0.3 is 14.4 Å². The van der Waals surface area contributed by atoms with Crippen LogP contribution in [0.5, 0.6) is 5.75 Å². The van der Waals surface area contributed by atoms with Gasteiger partial charge >= 0.3 is 5.97 Å². The van der Waals surface area contributed by atoms with Crippen molar-refractivity contribution in [2.75, 3.05) is 20.3 Å². The van der Waals surface area contributed by atoms with E-state index in [1.807, 2.05) is 31.2 Å². The largest absolute Gasteiger partial charge is 0.493 e. The van der Waals surface area contributed by atoms with E-state index in [1.54, 1.807) is 13.1 Å². The van der Waals surface area contributed by atoms with Crippen LogP contribution in [0, 0.1) is 11.3 Å². The van der Waals surface area contributed by atoms with Crippen LogP contribution in [0.3, 0.4) is 0 Å². The van der Waals surface area contributed by atoms with Gasteiger partial charge in [0, 0.05) is 18.7 Å². The highest BCUT2D eigenvalue weighted by atomic mass is 16.5. The van der Waals surface area contributed by atoms with Gasteiger partial charge in [0.25, 0.3) is 5.91 Å². The van der Waals surface area contributed by atoms with E-state index < -0.39 is 11.5 Å². The average Bonchev–Trinajstić information content (AvgIpc) is 2.71. The summed E-state index contributed by atoms with van der Waals surface area (Å²) >= 11 is 0. The Bertz CT molecular complexity index is 730. The van der Waals surface area contributed by atoms with Crippen LogP contribution in [-0.4, -0.2) is 42.6 Å². The number of likely N-dealkylation sites (N-methyl/N-ethyl adjacent to an activating group) is 1. The Morgan fingerprint density at radius 3 is 2.63 bits per heavy atom. The van der Waals surface area contributed by atoms with E-state index in [4.69, 9.17) is 9.47 Å². The summed E-state index contributed by atoms with van der Waals surface area (Å²) in [5.74, 6) is -0.305. The monoisotopic (exact) mass is 370 g/mol. The molecule has 0 aromatic heterocycles. The van der Waals surface area contributed by atoms with Gasteiger partial charge in [-0.3, -0.25) is 4.79 Å². The first-order valence-electron chi connectivity index (χ1n) is 9.27. The zero-order valence-corrected chi connectivity index (χ0v) is 15.9. The Morgan fingerprint density at radius 1 is 1.26 bits per heavy atom. The molecule has 0 heterocycles. The lowest BCUT2D eigenvalue weighted by molar-refractivity contribution is -0.150. The molecule has 1 aromatic carbocycles. The van der Waals surface area contributed by atoms with Gasteiger partial charge in [0.2, 0.25) is 0 Å². The second-order valence-corrected chi connectivity index (χ2v) is 6.57. The minimum Gasteiger partial charge on any atom is -0.493 e. The Hall–Kier alpha value is -2.81. The molecule has 1 amide bonds. The first-order chi connectivity index (χ1) is 13.0. The molecule has 6 heteroatoms. The Labute approximate surface area is 160 Å². The lowest BCUT2D eigenvalue weighted by Crippen LogP contribution is -2.51. The quantitative estimate of drug-likeness (QED) is 0.543. The maximum absolute atomic E-state index is 12.4. The Kier molecular flexibility index (Phi) is 7.42. The summed E-state index contributed by atoms with van der Waals surface area (Å²) in [6, 6.07) is 9.63. The number of ether oxygens (including phenoxy) is 2. The molecule has 0 N–H and O–H groups in total. The van der Waals surface area contributed by atoms with E-state index in [1.165, 1.54) is 11.0 Å². The first kappa shape index (κ1) is 20.5. The highest BCUT2D eigenvalue weighted by molar-refractivity contribution is 5.89. The van der Waals surface area contributed by atoms with Gasteiger partial charge in [0.15, 0.2) is 6.61 Å². The van der Waals surface area contributed by atoms with Crippen molar-refractivity contribution in [1.29, 1.82) is 5.26 Å². The first-order valence-corrected chi connectivity index (χ1v) is 9.27. The zero-order valence-electron chi connectivity index (χ0n) is 15.9. The van der Waals surface area contributed by atoms with Crippen LogP contribution in [0.1, 0.15) is 44.6 Å². The number of benzene rings is 1. The minimum absolute atomic E-state index is 0.366. The second kappa shape index (κ2) is 9.77. The van der Waals surface area contributed by atoms with Gasteiger partial charge in [0.05, 0.1) is 12.7 Å². The third-order valence-corrected chi connectivity index (χ3v) is 4.86. The van der Waals surface area contributed by atoms with E-state index in [-0.39, 0.29) is 12.5 Å². The van der Waals surface area contributed by atoms with Crippen molar-refractivity contribution in [3.63, 3.8) is 0 Å². The van der Waals surface area contributed by atoms with Crippen molar-refractivity contribution in [2.45, 2.75) is 44.6 Å². The van der Waals surface area contributed by atoms with E-state index in [2.05, 4.69) is 6.07 Å². The van der Waals surface area contributed by atoms with Gasteiger partial charge in [-0.2, -0.15) is 5.26 Å². The van der Waals surface area contributed by atoms with Crippen LogP contribution in [-0.2, 0) is 14.3 Å². The number of rotatable bonds is 7. The minimum atomic E-state index is -0.784. The van der Waals surface area contributed by atoms with Gasteiger partial charge in [-0.1, -0.05) is 37.5 Å². The predicted molar refractivity (Wildman–Crippen MR) is 102 cm³/mol. The number of para-hydroxylation sites is 1. The fourth-order valence-electron chi connectivity index (χ4n) is 3.24. The molecule has 0 atom stereocenters. The molecule has 0 radical (unpaired) electrons. The van der Waals surface area contributed by atoms with Crippen LogP contribution >= 0.6 is 0 Å². The standard InChI is InChI=1S/C21H26N2O4/c1-3-26-18-10-6-5-9-17(18)11-12-20(25)27-15-19(24)23(2)21(16-22)13-7-4-8-14-21/h5-6,9-12H,3-4,7-8,13-15H2,1-2H3/b12-11+. The SMILES string of the molecule is CCOc1ccccc1/C=C/C(=O)OCC(=O)N(C)C1(C#N)CCCCC1. The van der Waals surface area contributed by atoms with Crippen molar-refractivity contribution in [1.82, 2.24) is 4.90 Å². The van der Waals surface area contributed by atoms with Gasteiger partial charge in [0.1, 0.15) is 11.3 Å². The molecule has 0 aliphatic heterocycles. The fourth-order valence-corrected chi connectivity index (χ4v) is 3.24.